The van der Waals surface area contributed by atoms with Crippen LogP contribution in [0.5, 0.6) is 0 Å². The Kier molecular flexibility index (Phi) is 17.4. The average molecular weight is 541 g/mol. The predicted molar refractivity (Wildman–Crippen MR) is 137 cm³/mol. The lowest BCUT2D eigenvalue weighted by Crippen LogP contribution is -2.42. The molecule has 0 radical (unpaired) electrons. The van der Waals surface area contributed by atoms with Gasteiger partial charge >= 0.3 is 17.9 Å². The van der Waals surface area contributed by atoms with Gasteiger partial charge in [-0.25, -0.2) is 9.59 Å². The lowest BCUT2D eigenvalue weighted by molar-refractivity contribution is -0.197. The minimum atomic E-state index is -1.02. The molecule has 1 fully saturated rings. The third-order valence-corrected chi connectivity index (χ3v) is 6.42. The van der Waals surface area contributed by atoms with Crippen LogP contribution in [0.3, 0.4) is 0 Å². The van der Waals surface area contributed by atoms with Gasteiger partial charge in [0.2, 0.25) is 5.91 Å². The van der Waals surface area contributed by atoms with Crippen LogP contribution in [0.2, 0.25) is 0 Å². The molecule has 216 valence electrons. The van der Waals surface area contributed by atoms with Crippen molar-refractivity contribution < 1.29 is 43.1 Å². The average Bonchev–Trinajstić information content (AvgIpc) is 3.22. The van der Waals surface area contributed by atoms with E-state index in [9.17, 15) is 28.8 Å². The Morgan fingerprint density at radius 3 is 1.63 bits per heavy atom. The molecule has 38 heavy (non-hydrogen) atoms. The van der Waals surface area contributed by atoms with Gasteiger partial charge < -0.3 is 19.6 Å². The number of esters is 2. The second-order valence-corrected chi connectivity index (χ2v) is 9.55. The number of ether oxygens (including phenoxy) is 2. The van der Waals surface area contributed by atoms with Crippen molar-refractivity contribution in [1.82, 2.24) is 10.4 Å². The third kappa shape index (κ3) is 14.7. The van der Waals surface area contributed by atoms with Crippen LogP contribution < -0.4 is 5.32 Å². The van der Waals surface area contributed by atoms with E-state index in [0.29, 0.717) is 17.9 Å². The van der Waals surface area contributed by atoms with E-state index in [0.717, 1.165) is 38.5 Å². The maximum absolute atomic E-state index is 12.3. The molecule has 1 unspecified atom stereocenters. The van der Waals surface area contributed by atoms with Crippen LogP contribution in [0.1, 0.15) is 116 Å². The monoisotopic (exact) mass is 540 g/mol. The molecule has 3 amide bonds. The zero-order valence-electron chi connectivity index (χ0n) is 22.9. The standard InChI is InChI=1S/C27H44N2O9/c1-36-25(33)16-14-12-10-8-6-4-3-5-7-9-11-13-15-22(30)28-21(27(35)37-2)17-20-26(34)38-29-23(31)18-19-24(29)32/h21H,3-20H2,1-2H3,(H,28,30). The van der Waals surface area contributed by atoms with Gasteiger partial charge in [0.15, 0.2) is 0 Å². The van der Waals surface area contributed by atoms with Crippen molar-refractivity contribution in [1.29, 1.82) is 0 Å². The number of methoxy groups -OCH3 is 2. The largest absolute Gasteiger partial charge is 0.469 e. The fourth-order valence-electron chi connectivity index (χ4n) is 4.15. The molecule has 1 saturated heterocycles. The molecule has 1 N–H and O–H groups in total. The molecule has 1 heterocycles. The maximum Gasteiger partial charge on any atom is 0.333 e. The van der Waals surface area contributed by atoms with Gasteiger partial charge in [-0.15, -0.1) is 5.06 Å². The summed E-state index contributed by atoms with van der Waals surface area (Å²) < 4.78 is 9.34. The van der Waals surface area contributed by atoms with E-state index in [1.807, 2.05) is 0 Å². The van der Waals surface area contributed by atoms with Crippen molar-refractivity contribution in [3.8, 4) is 0 Å². The lowest BCUT2D eigenvalue weighted by Gasteiger charge is -2.17. The van der Waals surface area contributed by atoms with E-state index in [4.69, 9.17) is 9.57 Å². The summed E-state index contributed by atoms with van der Waals surface area (Å²) >= 11 is 0. The molecular weight excluding hydrogens is 496 g/mol. The number of carbonyl (C=O) groups is 6. The van der Waals surface area contributed by atoms with Gasteiger partial charge in [-0.3, -0.25) is 19.2 Å². The maximum atomic E-state index is 12.3. The number of carbonyl (C=O) groups excluding carboxylic acids is 6. The van der Waals surface area contributed by atoms with Crippen LogP contribution in [0.25, 0.3) is 0 Å². The van der Waals surface area contributed by atoms with Crippen molar-refractivity contribution >= 4 is 35.6 Å². The Morgan fingerprint density at radius 2 is 1.16 bits per heavy atom. The number of hydroxylamine groups is 2. The first-order chi connectivity index (χ1) is 18.3. The Labute approximate surface area is 225 Å². The van der Waals surface area contributed by atoms with E-state index in [1.165, 1.54) is 46.3 Å². The van der Waals surface area contributed by atoms with Crippen molar-refractivity contribution in [2.75, 3.05) is 14.2 Å². The summed E-state index contributed by atoms with van der Waals surface area (Å²) in [5.41, 5.74) is 0. The molecule has 1 atom stereocenters. The molecule has 1 aliphatic rings. The SMILES string of the molecule is COC(=O)CCCCCCCCCCCCCCC(=O)NC(CCC(=O)ON1C(=O)CCC1=O)C(=O)OC. The summed E-state index contributed by atoms with van der Waals surface area (Å²) in [4.78, 5) is 75.2. The van der Waals surface area contributed by atoms with Gasteiger partial charge in [-0.05, 0) is 19.3 Å². The number of nitrogens with zero attached hydrogens (tertiary/aromatic N) is 1. The molecule has 11 nitrogen and oxygen atoms in total. The van der Waals surface area contributed by atoms with Crippen LogP contribution in [0.4, 0.5) is 0 Å². The quantitative estimate of drug-likeness (QED) is 0.131. The molecule has 0 aliphatic carbocycles. The first kappa shape index (κ1) is 33.0. The number of hydrogen-bond acceptors (Lipinski definition) is 9. The topological polar surface area (TPSA) is 145 Å². The molecule has 1 rings (SSSR count). The first-order valence-electron chi connectivity index (χ1n) is 13.8. The number of amides is 3. The van der Waals surface area contributed by atoms with Crippen LogP contribution >= 0.6 is 0 Å². The Bertz CT molecular complexity index is 769. The molecule has 0 saturated carbocycles. The van der Waals surface area contributed by atoms with Crippen molar-refractivity contribution in [2.45, 2.75) is 122 Å². The fourth-order valence-corrected chi connectivity index (χ4v) is 4.15. The van der Waals surface area contributed by atoms with E-state index < -0.39 is 29.8 Å². The molecule has 0 spiro atoms. The summed E-state index contributed by atoms with van der Waals surface area (Å²) in [7, 11) is 2.61. The van der Waals surface area contributed by atoms with Gasteiger partial charge in [0.25, 0.3) is 11.8 Å². The van der Waals surface area contributed by atoms with E-state index in [1.54, 1.807) is 0 Å². The van der Waals surface area contributed by atoms with Gasteiger partial charge in [-0.2, -0.15) is 0 Å². The Balaban J connectivity index is 2.08. The molecular formula is C27H44N2O9. The highest BCUT2D eigenvalue weighted by Gasteiger charge is 2.33. The van der Waals surface area contributed by atoms with Gasteiger partial charge in [-0.1, -0.05) is 64.2 Å². The summed E-state index contributed by atoms with van der Waals surface area (Å²) in [5, 5.41) is 3.04. The normalized spacial score (nSPS) is 13.8. The summed E-state index contributed by atoms with van der Waals surface area (Å²) in [6, 6.07) is -1.02. The third-order valence-electron chi connectivity index (χ3n) is 6.42. The summed E-state index contributed by atoms with van der Waals surface area (Å²) in [5.74, 6) is -3.12. The number of unbranched alkanes of at least 4 members (excludes halogenated alkanes) is 11. The van der Waals surface area contributed by atoms with Gasteiger partial charge in [0, 0.05) is 25.7 Å². The zero-order chi connectivity index (χ0) is 28.2. The number of nitrogens with one attached hydrogen (secondary N) is 1. The first-order valence-corrected chi connectivity index (χ1v) is 13.8. The highest BCUT2D eigenvalue weighted by molar-refractivity contribution is 6.01. The molecule has 1 aliphatic heterocycles. The molecule has 0 bridgehead atoms. The zero-order valence-corrected chi connectivity index (χ0v) is 22.9. The molecule has 0 aromatic carbocycles. The minimum Gasteiger partial charge on any atom is -0.469 e. The van der Waals surface area contributed by atoms with Crippen LogP contribution in [-0.4, -0.2) is 61.0 Å². The van der Waals surface area contributed by atoms with Gasteiger partial charge in [0.05, 0.1) is 20.6 Å². The second kappa shape index (κ2) is 20.0. The van der Waals surface area contributed by atoms with Crippen molar-refractivity contribution in [3.63, 3.8) is 0 Å². The van der Waals surface area contributed by atoms with Crippen LogP contribution in [0.15, 0.2) is 0 Å². The molecule has 0 aromatic rings. The lowest BCUT2D eigenvalue weighted by atomic mass is 10.0. The highest BCUT2D eigenvalue weighted by atomic mass is 16.7. The summed E-state index contributed by atoms with van der Waals surface area (Å²) in [6.07, 6.45) is 13.3. The second-order valence-electron chi connectivity index (χ2n) is 9.55. The predicted octanol–water partition coefficient (Wildman–Crippen LogP) is 3.67. The summed E-state index contributed by atoms with van der Waals surface area (Å²) in [6.45, 7) is 0. The fraction of sp³-hybridized carbons (Fsp3) is 0.778. The Hall–Kier alpha value is -2.98. The number of hydrogen-bond donors (Lipinski definition) is 1. The van der Waals surface area contributed by atoms with Crippen LogP contribution in [0, 0.1) is 0 Å². The number of rotatable bonds is 21. The van der Waals surface area contributed by atoms with Gasteiger partial charge in [0.1, 0.15) is 6.04 Å². The van der Waals surface area contributed by atoms with E-state index in [-0.39, 0.29) is 44.0 Å². The molecule has 0 aromatic heterocycles. The van der Waals surface area contributed by atoms with Crippen molar-refractivity contribution in [3.05, 3.63) is 0 Å². The van der Waals surface area contributed by atoms with Crippen molar-refractivity contribution in [2.24, 2.45) is 0 Å². The molecule has 11 heteroatoms. The minimum absolute atomic E-state index is 0.00515. The van der Waals surface area contributed by atoms with Crippen LogP contribution in [-0.2, 0) is 43.1 Å². The smallest absolute Gasteiger partial charge is 0.333 e. The highest BCUT2D eigenvalue weighted by Crippen LogP contribution is 2.15. The Morgan fingerprint density at radius 1 is 0.684 bits per heavy atom. The number of imide groups is 1. The van der Waals surface area contributed by atoms with E-state index in [2.05, 4.69) is 10.1 Å². The van der Waals surface area contributed by atoms with E-state index >= 15 is 0 Å².